The van der Waals surface area contributed by atoms with Crippen LogP contribution in [0, 0.1) is 17.4 Å². The SMILES string of the molecule is Cc1cc(NC(=O)COc2ccccc2Cl)c(C)cc1I. The van der Waals surface area contributed by atoms with Crippen LogP contribution in [-0.4, -0.2) is 12.5 Å². The lowest BCUT2D eigenvalue weighted by molar-refractivity contribution is -0.118. The van der Waals surface area contributed by atoms with Crippen molar-refractivity contribution in [3.05, 3.63) is 56.1 Å². The Labute approximate surface area is 142 Å². The average Bonchev–Trinajstić information content (AvgIpc) is 2.44. The zero-order valence-corrected chi connectivity index (χ0v) is 14.7. The number of para-hydroxylation sites is 1. The van der Waals surface area contributed by atoms with Crippen LogP contribution in [0.15, 0.2) is 36.4 Å². The number of rotatable bonds is 4. The van der Waals surface area contributed by atoms with Gasteiger partial charge in [-0.15, -0.1) is 0 Å². The zero-order chi connectivity index (χ0) is 15.4. The number of nitrogens with one attached hydrogen (secondary N) is 1. The molecule has 110 valence electrons. The Kier molecular flexibility index (Phi) is 5.47. The van der Waals surface area contributed by atoms with E-state index in [0.29, 0.717) is 10.8 Å². The second kappa shape index (κ2) is 7.13. The molecule has 5 heteroatoms. The molecule has 2 aromatic rings. The molecule has 0 fully saturated rings. The van der Waals surface area contributed by atoms with Crippen molar-refractivity contribution in [1.29, 1.82) is 0 Å². The first kappa shape index (κ1) is 16.1. The van der Waals surface area contributed by atoms with E-state index in [0.717, 1.165) is 16.8 Å². The fraction of sp³-hybridized carbons (Fsp3) is 0.188. The Morgan fingerprint density at radius 3 is 2.67 bits per heavy atom. The average molecular weight is 416 g/mol. The molecule has 0 saturated carbocycles. The lowest BCUT2D eigenvalue weighted by Crippen LogP contribution is -2.20. The molecule has 0 aromatic heterocycles. The van der Waals surface area contributed by atoms with Crippen molar-refractivity contribution < 1.29 is 9.53 Å². The summed E-state index contributed by atoms with van der Waals surface area (Å²) in [6.45, 7) is 3.90. The number of aryl methyl sites for hydroxylation is 2. The van der Waals surface area contributed by atoms with E-state index in [4.69, 9.17) is 16.3 Å². The van der Waals surface area contributed by atoms with E-state index in [1.165, 1.54) is 3.57 Å². The predicted octanol–water partition coefficient (Wildman–Crippen LogP) is 4.58. The minimum Gasteiger partial charge on any atom is -0.482 e. The van der Waals surface area contributed by atoms with Gasteiger partial charge in [0.25, 0.3) is 5.91 Å². The maximum Gasteiger partial charge on any atom is 0.262 e. The van der Waals surface area contributed by atoms with Gasteiger partial charge in [0.1, 0.15) is 5.75 Å². The van der Waals surface area contributed by atoms with E-state index in [1.807, 2.05) is 38.1 Å². The van der Waals surface area contributed by atoms with Crippen molar-refractivity contribution in [2.24, 2.45) is 0 Å². The molecule has 0 radical (unpaired) electrons. The fourth-order valence-corrected chi connectivity index (χ4v) is 2.62. The van der Waals surface area contributed by atoms with Crippen LogP contribution < -0.4 is 10.1 Å². The molecule has 21 heavy (non-hydrogen) atoms. The summed E-state index contributed by atoms with van der Waals surface area (Å²) >= 11 is 8.25. The molecule has 2 rings (SSSR count). The van der Waals surface area contributed by atoms with Crippen molar-refractivity contribution >= 4 is 45.8 Å². The number of hydrogen-bond acceptors (Lipinski definition) is 2. The summed E-state index contributed by atoms with van der Waals surface area (Å²) in [4.78, 5) is 12.0. The summed E-state index contributed by atoms with van der Waals surface area (Å²) in [5.74, 6) is 0.295. The molecule has 0 saturated heterocycles. The van der Waals surface area contributed by atoms with Crippen molar-refractivity contribution in [1.82, 2.24) is 0 Å². The Bertz CT molecular complexity index is 673. The molecule has 0 unspecified atom stereocenters. The molecule has 0 aliphatic carbocycles. The first-order chi connectivity index (χ1) is 9.97. The van der Waals surface area contributed by atoms with Gasteiger partial charge in [-0.3, -0.25) is 4.79 Å². The standard InChI is InChI=1S/C16H15ClINO2/c1-10-8-14(11(2)7-13(10)18)19-16(20)9-21-15-6-4-3-5-12(15)17/h3-8H,9H2,1-2H3,(H,19,20). The molecule has 1 N–H and O–H groups in total. The van der Waals surface area contributed by atoms with Crippen molar-refractivity contribution in [3.63, 3.8) is 0 Å². The van der Waals surface area contributed by atoms with Gasteiger partial charge in [0.2, 0.25) is 0 Å². The highest BCUT2D eigenvalue weighted by molar-refractivity contribution is 14.1. The van der Waals surface area contributed by atoms with Crippen LogP contribution in [0.1, 0.15) is 11.1 Å². The third-order valence-corrected chi connectivity index (χ3v) is 4.45. The van der Waals surface area contributed by atoms with Gasteiger partial charge < -0.3 is 10.1 Å². The Morgan fingerprint density at radius 1 is 1.24 bits per heavy atom. The highest BCUT2D eigenvalue weighted by Gasteiger charge is 2.09. The van der Waals surface area contributed by atoms with E-state index in [2.05, 4.69) is 27.9 Å². The van der Waals surface area contributed by atoms with Gasteiger partial charge in [-0.05, 0) is 71.8 Å². The maximum absolute atomic E-state index is 12.0. The number of benzene rings is 2. The monoisotopic (exact) mass is 415 g/mol. The zero-order valence-electron chi connectivity index (χ0n) is 11.7. The number of ether oxygens (including phenoxy) is 1. The maximum atomic E-state index is 12.0. The summed E-state index contributed by atoms with van der Waals surface area (Å²) in [5.41, 5.74) is 2.96. The quantitative estimate of drug-likeness (QED) is 0.743. The third kappa shape index (κ3) is 4.35. The molecule has 0 atom stereocenters. The number of anilines is 1. The van der Waals surface area contributed by atoms with Crippen LogP contribution in [0.25, 0.3) is 0 Å². The second-order valence-electron chi connectivity index (χ2n) is 4.68. The number of carbonyl (C=O) groups excluding carboxylic acids is 1. The number of carbonyl (C=O) groups is 1. The van der Waals surface area contributed by atoms with E-state index >= 15 is 0 Å². The van der Waals surface area contributed by atoms with Crippen LogP contribution in [0.3, 0.4) is 0 Å². The molecule has 1 amide bonds. The number of halogens is 2. The highest BCUT2D eigenvalue weighted by atomic mass is 127. The first-order valence-corrected chi connectivity index (χ1v) is 7.87. The summed E-state index contributed by atoms with van der Waals surface area (Å²) in [6, 6.07) is 11.1. The third-order valence-electron chi connectivity index (χ3n) is 2.98. The molecular formula is C16H15ClINO2. The van der Waals surface area contributed by atoms with Gasteiger partial charge >= 0.3 is 0 Å². The van der Waals surface area contributed by atoms with Crippen molar-refractivity contribution in [3.8, 4) is 5.75 Å². The topological polar surface area (TPSA) is 38.3 Å². The van der Waals surface area contributed by atoms with Gasteiger partial charge in [0, 0.05) is 9.26 Å². The van der Waals surface area contributed by atoms with Crippen LogP contribution in [-0.2, 0) is 4.79 Å². The summed E-state index contributed by atoms with van der Waals surface area (Å²) in [5, 5.41) is 3.35. The first-order valence-electron chi connectivity index (χ1n) is 6.41. The van der Waals surface area contributed by atoms with Crippen LogP contribution in [0.2, 0.25) is 5.02 Å². The van der Waals surface area contributed by atoms with Crippen LogP contribution >= 0.6 is 34.2 Å². The minimum atomic E-state index is -0.210. The van der Waals surface area contributed by atoms with E-state index in [9.17, 15) is 4.79 Å². The second-order valence-corrected chi connectivity index (χ2v) is 6.25. The van der Waals surface area contributed by atoms with E-state index in [1.54, 1.807) is 12.1 Å². The van der Waals surface area contributed by atoms with Gasteiger partial charge in [0.05, 0.1) is 5.02 Å². The van der Waals surface area contributed by atoms with Gasteiger partial charge in [-0.1, -0.05) is 23.7 Å². The highest BCUT2D eigenvalue weighted by Crippen LogP contribution is 2.24. The molecule has 0 bridgehead atoms. The summed E-state index contributed by atoms with van der Waals surface area (Å²) in [6.07, 6.45) is 0. The molecule has 0 heterocycles. The molecular weight excluding hydrogens is 401 g/mol. The molecule has 2 aromatic carbocycles. The van der Waals surface area contributed by atoms with Crippen molar-refractivity contribution in [2.45, 2.75) is 13.8 Å². The summed E-state index contributed by atoms with van der Waals surface area (Å²) in [7, 11) is 0. The Hall–Kier alpha value is -1.27. The lowest BCUT2D eigenvalue weighted by atomic mass is 10.1. The smallest absolute Gasteiger partial charge is 0.262 e. The normalized spacial score (nSPS) is 10.3. The van der Waals surface area contributed by atoms with E-state index < -0.39 is 0 Å². The minimum absolute atomic E-state index is 0.0752. The Morgan fingerprint density at radius 2 is 1.95 bits per heavy atom. The lowest BCUT2D eigenvalue weighted by Gasteiger charge is -2.12. The van der Waals surface area contributed by atoms with E-state index in [-0.39, 0.29) is 12.5 Å². The largest absolute Gasteiger partial charge is 0.482 e. The van der Waals surface area contributed by atoms with Crippen LogP contribution in [0.4, 0.5) is 5.69 Å². The predicted molar refractivity (Wildman–Crippen MR) is 94.2 cm³/mol. The Balaban J connectivity index is 1.99. The number of hydrogen-bond donors (Lipinski definition) is 1. The molecule has 0 aliphatic heterocycles. The van der Waals surface area contributed by atoms with Crippen LogP contribution in [0.5, 0.6) is 5.75 Å². The summed E-state index contributed by atoms with van der Waals surface area (Å²) < 4.78 is 6.60. The molecule has 0 aliphatic rings. The van der Waals surface area contributed by atoms with Gasteiger partial charge in [0.15, 0.2) is 6.61 Å². The van der Waals surface area contributed by atoms with Crippen molar-refractivity contribution in [2.75, 3.05) is 11.9 Å². The number of amides is 1. The van der Waals surface area contributed by atoms with Gasteiger partial charge in [-0.2, -0.15) is 0 Å². The van der Waals surface area contributed by atoms with Gasteiger partial charge in [-0.25, -0.2) is 0 Å². The molecule has 3 nitrogen and oxygen atoms in total. The molecule has 0 spiro atoms. The fourth-order valence-electron chi connectivity index (χ4n) is 1.81.